The third-order valence-electron chi connectivity index (χ3n) is 5.59. The molecule has 1 saturated heterocycles. The molecule has 1 N–H and O–H groups in total. The first-order valence-electron chi connectivity index (χ1n) is 8.41. The van der Waals surface area contributed by atoms with Crippen molar-refractivity contribution in [3.8, 4) is 5.75 Å². The molecule has 1 saturated carbocycles. The van der Waals surface area contributed by atoms with Gasteiger partial charge in [0.15, 0.2) is 0 Å². The van der Waals surface area contributed by atoms with Crippen LogP contribution in [0, 0.1) is 11.8 Å². The van der Waals surface area contributed by atoms with Crippen LogP contribution in [0.15, 0.2) is 12.1 Å². The van der Waals surface area contributed by atoms with Crippen LogP contribution in [0.1, 0.15) is 41.3 Å². The monoisotopic (exact) mass is 301 g/mol. The summed E-state index contributed by atoms with van der Waals surface area (Å²) in [6.45, 7) is 3.89. The van der Waals surface area contributed by atoms with Crippen molar-refractivity contribution in [2.24, 2.45) is 11.8 Å². The minimum Gasteiger partial charge on any atom is -0.492 e. The van der Waals surface area contributed by atoms with E-state index in [2.05, 4.69) is 13.0 Å². The van der Waals surface area contributed by atoms with Crippen LogP contribution in [-0.4, -0.2) is 41.7 Å². The van der Waals surface area contributed by atoms with Gasteiger partial charge in [-0.2, -0.15) is 0 Å². The topological polar surface area (TPSA) is 49.8 Å². The van der Waals surface area contributed by atoms with Crippen molar-refractivity contribution >= 4 is 5.91 Å². The number of aliphatic hydroxyl groups is 1. The molecule has 3 atom stereocenters. The minimum absolute atomic E-state index is 0.119. The van der Waals surface area contributed by atoms with Crippen LogP contribution in [0.5, 0.6) is 5.75 Å². The molecular formula is C18H23NO3. The van der Waals surface area contributed by atoms with Crippen LogP contribution < -0.4 is 4.74 Å². The minimum atomic E-state index is 0.119. The van der Waals surface area contributed by atoms with Gasteiger partial charge in [0.05, 0.1) is 12.2 Å². The smallest absolute Gasteiger partial charge is 0.257 e. The SMILES string of the molecule is CCc1cc2c(c(C(=O)N3C[C@@H]4C[C@@H](CO)C[C@@H]43)c1)OCC2. The lowest BCUT2D eigenvalue weighted by molar-refractivity contribution is 0.0266. The van der Waals surface area contributed by atoms with E-state index >= 15 is 0 Å². The Hall–Kier alpha value is -1.55. The zero-order valence-corrected chi connectivity index (χ0v) is 13.0. The molecule has 0 unspecified atom stereocenters. The quantitative estimate of drug-likeness (QED) is 0.929. The number of hydrogen-bond acceptors (Lipinski definition) is 3. The number of likely N-dealkylation sites (tertiary alicyclic amines) is 1. The van der Waals surface area contributed by atoms with Crippen molar-refractivity contribution in [3.05, 3.63) is 28.8 Å². The van der Waals surface area contributed by atoms with Gasteiger partial charge in [0.1, 0.15) is 5.75 Å². The molecule has 0 radical (unpaired) electrons. The summed E-state index contributed by atoms with van der Waals surface area (Å²) in [6.07, 6.45) is 3.85. The molecule has 2 aliphatic heterocycles. The maximum absolute atomic E-state index is 13.0. The second kappa shape index (κ2) is 5.27. The van der Waals surface area contributed by atoms with E-state index in [1.54, 1.807) is 0 Å². The number of carbonyl (C=O) groups excluding carboxylic acids is 1. The normalized spacial score (nSPS) is 28.8. The number of carbonyl (C=O) groups is 1. The van der Waals surface area contributed by atoms with Gasteiger partial charge < -0.3 is 14.7 Å². The van der Waals surface area contributed by atoms with E-state index in [0.717, 1.165) is 43.5 Å². The number of amides is 1. The number of aryl methyl sites for hydroxylation is 1. The molecule has 1 aromatic rings. The van der Waals surface area contributed by atoms with Crippen LogP contribution in [0.4, 0.5) is 0 Å². The Bertz CT molecular complexity index is 613. The molecule has 2 fully saturated rings. The van der Waals surface area contributed by atoms with Crippen molar-refractivity contribution in [2.45, 2.75) is 38.6 Å². The highest BCUT2D eigenvalue weighted by atomic mass is 16.5. The number of fused-ring (bicyclic) bond motifs is 2. The summed E-state index contributed by atoms with van der Waals surface area (Å²) in [7, 11) is 0. The maximum atomic E-state index is 13.0. The van der Waals surface area contributed by atoms with Gasteiger partial charge in [0, 0.05) is 25.6 Å². The standard InChI is InChI=1S/C18H23NO3/c1-2-11-5-13-3-4-22-17(13)15(7-11)18(21)19-9-14-6-12(10-20)8-16(14)19/h5,7,12,14,16,20H,2-4,6,8-10H2,1H3/t12-,14+,16+/m1/s1. The van der Waals surface area contributed by atoms with Gasteiger partial charge >= 0.3 is 0 Å². The third kappa shape index (κ3) is 2.04. The van der Waals surface area contributed by atoms with Crippen LogP contribution in [0.3, 0.4) is 0 Å². The molecule has 2 heterocycles. The number of aliphatic hydroxyl groups excluding tert-OH is 1. The summed E-state index contributed by atoms with van der Waals surface area (Å²) < 4.78 is 5.74. The number of benzene rings is 1. The highest BCUT2D eigenvalue weighted by Gasteiger charge is 2.48. The Morgan fingerprint density at radius 2 is 2.27 bits per heavy atom. The molecule has 1 amide bonds. The fourth-order valence-electron chi connectivity index (χ4n) is 4.32. The van der Waals surface area contributed by atoms with Crippen molar-refractivity contribution in [3.63, 3.8) is 0 Å². The molecule has 22 heavy (non-hydrogen) atoms. The van der Waals surface area contributed by atoms with E-state index in [4.69, 9.17) is 4.74 Å². The first kappa shape index (κ1) is 14.1. The van der Waals surface area contributed by atoms with E-state index in [1.165, 1.54) is 11.1 Å². The maximum Gasteiger partial charge on any atom is 0.257 e. The highest BCUT2D eigenvalue weighted by molar-refractivity contribution is 5.98. The number of rotatable bonds is 3. The lowest BCUT2D eigenvalue weighted by Crippen LogP contribution is -2.56. The summed E-state index contributed by atoms with van der Waals surface area (Å²) in [4.78, 5) is 15.0. The predicted molar refractivity (Wildman–Crippen MR) is 83.1 cm³/mol. The molecule has 4 nitrogen and oxygen atoms in total. The third-order valence-corrected chi connectivity index (χ3v) is 5.59. The van der Waals surface area contributed by atoms with Gasteiger partial charge in [-0.15, -0.1) is 0 Å². The van der Waals surface area contributed by atoms with E-state index < -0.39 is 0 Å². The molecule has 1 aliphatic carbocycles. The van der Waals surface area contributed by atoms with Crippen LogP contribution in [0.25, 0.3) is 0 Å². The zero-order chi connectivity index (χ0) is 15.3. The van der Waals surface area contributed by atoms with E-state index in [1.807, 2.05) is 11.0 Å². The average molecular weight is 301 g/mol. The first-order valence-corrected chi connectivity index (χ1v) is 8.41. The fraction of sp³-hybridized carbons (Fsp3) is 0.611. The summed E-state index contributed by atoms with van der Waals surface area (Å²) in [5.74, 6) is 1.89. The van der Waals surface area contributed by atoms with Crippen molar-refractivity contribution < 1.29 is 14.6 Å². The number of nitrogens with zero attached hydrogens (tertiary/aromatic N) is 1. The Morgan fingerprint density at radius 1 is 1.41 bits per heavy atom. The lowest BCUT2D eigenvalue weighted by Gasteiger charge is -2.44. The number of ether oxygens (including phenoxy) is 1. The molecular weight excluding hydrogens is 278 g/mol. The van der Waals surface area contributed by atoms with Gasteiger partial charge in [0.25, 0.3) is 5.91 Å². The highest BCUT2D eigenvalue weighted by Crippen LogP contribution is 2.44. The summed E-state index contributed by atoms with van der Waals surface area (Å²) in [5, 5.41) is 9.34. The van der Waals surface area contributed by atoms with Crippen molar-refractivity contribution in [2.75, 3.05) is 19.8 Å². The molecule has 1 aromatic carbocycles. The van der Waals surface area contributed by atoms with Gasteiger partial charge in [-0.05, 0) is 48.3 Å². The summed E-state index contributed by atoms with van der Waals surface area (Å²) in [6, 6.07) is 4.51. The summed E-state index contributed by atoms with van der Waals surface area (Å²) in [5.41, 5.74) is 3.14. The second-order valence-electron chi connectivity index (χ2n) is 6.89. The van der Waals surface area contributed by atoms with E-state index in [9.17, 15) is 9.90 Å². The van der Waals surface area contributed by atoms with E-state index in [0.29, 0.717) is 24.5 Å². The average Bonchev–Trinajstić information content (AvgIpc) is 3.11. The van der Waals surface area contributed by atoms with Crippen molar-refractivity contribution in [1.29, 1.82) is 0 Å². The van der Waals surface area contributed by atoms with E-state index in [-0.39, 0.29) is 12.5 Å². The largest absolute Gasteiger partial charge is 0.492 e. The van der Waals surface area contributed by atoms with Crippen molar-refractivity contribution in [1.82, 2.24) is 4.90 Å². The molecule has 0 bridgehead atoms. The molecule has 3 aliphatic rings. The van der Waals surface area contributed by atoms with Gasteiger partial charge in [-0.25, -0.2) is 0 Å². The molecule has 118 valence electrons. The fourth-order valence-corrected chi connectivity index (χ4v) is 4.32. The first-order chi connectivity index (χ1) is 10.7. The molecule has 4 heteroatoms. The van der Waals surface area contributed by atoms with Gasteiger partial charge in [-0.3, -0.25) is 4.79 Å². The predicted octanol–water partition coefficient (Wildman–Crippen LogP) is 2.03. The van der Waals surface area contributed by atoms with Crippen LogP contribution in [-0.2, 0) is 12.8 Å². The van der Waals surface area contributed by atoms with Gasteiger partial charge in [0.2, 0.25) is 0 Å². The Labute approximate surface area is 131 Å². The Balaban J connectivity index is 1.60. The van der Waals surface area contributed by atoms with Crippen LogP contribution >= 0.6 is 0 Å². The lowest BCUT2D eigenvalue weighted by atomic mass is 9.90. The molecule has 0 spiro atoms. The zero-order valence-electron chi connectivity index (χ0n) is 13.0. The van der Waals surface area contributed by atoms with Crippen LogP contribution in [0.2, 0.25) is 0 Å². The second-order valence-corrected chi connectivity index (χ2v) is 6.89. The number of hydrogen-bond donors (Lipinski definition) is 1. The molecule has 4 rings (SSSR count). The van der Waals surface area contributed by atoms with Gasteiger partial charge in [-0.1, -0.05) is 13.0 Å². The molecule has 0 aromatic heterocycles. The summed E-state index contributed by atoms with van der Waals surface area (Å²) >= 11 is 0. The Morgan fingerprint density at radius 3 is 3.05 bits per heavy atom. The Kier molecular flexibility index (Phi) is 3.37.